The van der Waals surface area contributed by atoms with Crippen molar-refractivity contribution < 1.29 is 14.3 Å². The molecule has 3 aromatic carbocycles. The van der Waals surface area contributed by atoms with Gasteiger partial charge in [-0.2, -0.15) is 0 Å². The van der Waals surface area contributed by atoms with Crippen molar-refractivity contribution in [1.29, 1.82) is 0 Å². The van der Waals surface area contributed by atoms with Gasteiger partial charge in [-0.15, -0.1) is 0 Å². The minimum absolute atomic E-state index is 0.309. The van der Waals surface area contributed by atoms with E-state index in [4.69, 9.17) is 27.9 Å². The summed E-state index contributed by atoms with van der Waals surface area (Å²) < 4.78 is 6.21. The van der Waals surface area contributed by atoms with Crippen LogP contribution in [0.3, 0.4) is 0 Å². The maximum Gasteiger partial charge on any atom is 0.336 e. The topological polar surface area (TPSA) is 95.6 Å². The summed E-state index contributed by atoms with van der Waals surface area (Å²) >= 11 is 12.9. The van der Waals surface area contributed by atoms with Crippen LogP contribution >= 0.6 is 23.2 Å². The molecule has 1 atom stereocenters. The van der Waals surface area contributed by atoms with E-state index >= 15 is 0 Å². The average Bonchev–Trinajstić information content (AvgIpc) is 2.88. The maximum atomic E-state index is 12.9. The van der Waals surface area contributed by atoms with Gasteiger partial charge in [0.05, 0.1) is 39.1 Å². The van der Waals surface area contributed by atoms with Gasteiger partial charge < -0.3 is 15.4 Å². The Balaban J connectivity index is 1.49. The van der Waals surface area contributed by atoms with Crippen LogP contribution in [0.2, 0.25) is 10.0 Å². The Bertz CT molecular complexity index is 1400. The van der Waals surface area contributed by atoms with Crippen LogP contribution in [-0.4, -0.2) is 35.5 Å². The number of rotatable bonds is 8. The molecule has 8 nitrogen and oxygen atoms in total. The number of hydrogen-bond donors (Lipinski definition) is 3. The number of amides is 3. The van der Waals surface area contributed by atoms with E-state index in [0.29, 0.717) is 27.1 Å². The molecule has 0 aliphatic rings. The van der Waals surface area contributed by atoms with Crippen molar-refractivity contribution in [1.82, 2.24) is 20.6 Å². The van der Waals surface area contributed by atoms with Crippen molar-refractivity contribution in [2.75, 3.05) is 19.0 Å². The van der Waals surface area contributed by atoms with Gasteiger partial charge in [0.15, 0.2) is 0 Å². The molecule has 4 rings (SSSR count). The van der Waals surface area contributed by atoms with Crippen molar-refractivity contribution in [3.8, 4) is 5.75 Å². The zero-order valence-corrected chi connectivity index (χ0v) is 21.7. The van der Waals surface area contributed by atoms with Crippen LogP contribution in [0.15, 0.2) is 78.9 Å². The first-order valence-corrected chi connectivity index (χ1v) is 12.2. The van der Waals surface area contributed by atoms with Crippen LogP contribution in [0.4, 0.5) is 10.5 Å². The molecule has 3 amide bonds. The van der Waals surface area contributed by atoms with Crippen molar-refractivity contribution in [2.24, 2.45) is 0 Å². The summed E-state index contributed by atoms with van der Waals surface area (Å²) in [6.45, 7) is 1.50. The highest BCUT2D eigenvalue weighted by molar-refractivity contribution is 6.36. The molecule has 3 N–H and O–H groups in total. The number of anilines is 1. The van der Waals surface area contributed by atoms with E-state index in [2.05, 4.69) is 21.0 Å². The highest BCUT2D eigenvalue weighted by atomic mass is 35.5. The van der Waals surface area contributed by atoms with E-state index in [9.17, 15) is 9.59 Å². The number of urea groups is 1. The van der Waals surface area contributed by atoms with E-state index in [-0.39, 0.29) is 6.54 Å². The third kappa shape index (κ3) is 6.61. The predicted octanol–water partition coefficient (Wildman–Crippen LogP) is 5.71. The summed E-state index contributed by atoms with van der Waals surface area (Å²) in [5.41, 5.74) is 5.49. The standard InChI is InChI=1S/C27H25Cl2N5O3/c1-17-23(15-18-9-6-7-14-22(18)31-17)37-26(25-20(28)12-8-13-21(25)29)32-24(35)16-30-27(36)34(2)33-19-10-4-3-5-11-19/h3-15,26,33H,16H2,1-2H3,(H,30,36)(H,32,35). The van der Waals surface area contributed by atoms with E-state index in [1.807, 2.05) is 67.6 Å². The molecule has 0 fully saturated rings. The number of para-hydroxylation sites is 2. The first-order chi connectivity index (χ1) is 17.8. The first kappa shape index (κ1) is 26.1. The number of halogens is 2. The summed E-state index contributed by atoms with van der Waals surface area (Å²) in [6, 6.07) is 23.2. The van der Waals surface area contributed by atoms with Gasteiger partial charge >= 0.3 is 6.03 Å². The molecule has 1 aromatic heterocycles. The molecule has 0 radical (unpaired) electrons. The Labute approximate surface area is 224 Å². The lowest BCUT2D eigenvalue weighted by Gasteiger charge is -2.24. The van der Waals surface area contributed by atoms with Crippen molar-refractivity contribution in [3.63, 3.8) is 0 Å². The van der Waals surface area contributed by atoms with Crippen molar-refractivity contribution >= 4 is 51.7 Å². The number of aryl methyl sites for hydroxylation is 1. The fourth-order valence-electron chi connectivity index (χ4n) is 3.59. The van der Waals surface area contributed by atoms with Gasteiger partial charge in [-0.3, -0.25) is 10.2 Å². The molecule has 4 aromatic rings. The third-order valence-corrected chi connectivity index (χ3v) is 6.10. The highest BCUT2D eigenvalue weighted by Gasteiger charge is 2.24. The Morgan fingerprint density at radius 1 is 0.973 bits per heavy atom. The van der Waals surface area contributed by atoms with Crippen LogP contribution < -0.4 is 20.8 Å². The van der Waals surface area contributed by atoms with Gasteiger partial charge in [0, 0.05) is 12.4 Å². The van der Waals surface area contributed by atoms with E-state index in [1.54, 1.807) is 25.2 Å². The molecule has 0 saturated heterocycles. The lowest BCUT2D eigenvalue weighted by molar-refractivity contribution is -0.122. The van der Waals surface area contributed by atoms with Crippen molar-refractivity contribution in [3.05, 3.63) is 100 Å². The lowest BCUT2D eigenvalue weighted by Crippen LogP contribution is -2.46. The minimum Gasteiger partial charge on any atom is -0.464 e. The molecule has 10 heteroatoms. The third-order valence-electron chi connectivity index (χ3n) is 5.44. The SMILES string of the molecule is Cc1nc2ccccc2cc1OC(NC(=O)CNC(=O)N(C)Nc1ccccc1)c1c(Cl)cccc1Cl. The van der Waals surface area contributed by atoms with Crippen LogP contribution in [0.1, 0.15) is 17.5 Å². The molecule has 37 heavy (non-hydrogen) atoms. The number of benzene rings is 3. The fourth-order valence-corrected chi connectivity index (χ4v) is 4.19. The number of nitrogens with one attached hydrogen (secondary N) is 3. The second-order valence-electron chi connectivity index (χ2n) is 8.16. The van der Waals surface area contributed by atoms with Crippen LogP contribution in [0.25, 0.3) is 10.9 Å². The summed E-state index contributed by atoms with van der Waals surface area (Å²) in [5.74, 6) is -0.0512. The number of fused-ring (bicyclic) bond motifs is 1. The maximum absolute atomic E-state index is 12.9. The Morgan fingerprint density at radius 2 is 1.65 bits per heavy atom. The van der Waals surface area contributed by atoms with E-state index in [1.165, 1.54) is 5.01 Å². The number of carbonyl (C=O) groups excluding carboxylic acids is 2. The van der Waals surface area contributed by atoms with Crippen LogP contribution in [0, 0.1) is 6.92 Å². The number of hydrogen-bond acceptors (Lipinski definition) is 5. The number of pyridine rings is 1. The zero-order valence-electron chi connectivity index (χ0n) is 20.2. The monoisotopic (exact) mass is 537 g/mol. The number of aromatic nitrogens is 1. The lowest BCUT2D eigenvalue weighted by atomic mass is 10.1. The Hall–Kier alpha value is -4.01. The molecule has 190 valence electrons. The quantitative estimate of drug-likeness (QED) is 0.197. The Kier molecular flexibility index (Phi) is 8.32. The molecule has 0 saturated carbocycles. The number of nitrogens with zero attached hydrogens (tertiary/aromatic N) is 2. The average molecular weight is 538 g/mol. The summed E-state index contributed by atoms with van der Waals surface area (Å²) in [7, 11) is 1.55. The molecule has 1 unspecified atom stereocenters. The van der Waals surface area contributed by atoms with E-state index < -0.39 is 18.2 Å². The highest BCUT2D eigenvalue weighted by Crippen LogP contribution is 2.33. The molecule has 0 aliphatic carbocycles. The molecule has 0 bridgehead atoms. The zero-order chi connectivity index (χ0) is 26.4. The summed E-state index contributed by atoms with van der Waals surface area (Å²) in [5, 5.41) is 8.09. The normalized spacial score (nSPS) is 11.5. The minimum atomic E-state index is -1.03. The number of ether oxygens (including phenoxy) is 1. The second-order valence-corrected chi connectivity index (χ2v) is 8.98. The van der Waals surface area contributed by atoms with Gasteiger partial charge in [0.25, 0.3) is 0 Å². The van der Waals surface area contributed by atoms with Crippen molar-refractivity contribution in [2.45, 2.75) is 13.2 Å². The van der Waals surface area contributed by atoms with Gasteiger partial charge in [-0.05, 0) is 43.3 Å². The van der Waals surface area contributed by atoms with Gasteiger partial charge in [0.1, 0.15) is 5.75 Å². The predicted molar refractivity (Wildman–Crippen MR) is 146 cm³/mol. The molecule has 1 heterocycles. The fraction of sp³-hybridized carbons (Fsp3) is 0.148. The molecule has 0 aliphatic heterocycles. The second kappa shape index (κ2) is 11.8. The number of hydrazine groups is 1. The smallest absolute Gasteiger partial charge is 0.336 e. The van der Waals surface area contributed by atoms with Crippen LogP contribution in [-0.2, 0) is 4.79 Å². The first-order valence-electron chi connectivity index (χ1n) is 11.4. The summed E-state index contributed by atoms with van der Waals surface area (Å²) in [4.78, 5) is 29.9. The number of carbonyl (C=O) groups is 2. The van der Waals surface area contributed by atoms with E-state index in [0.717, 1.165) is 16.6 Å². The molecular weight excluding hydrogens is 513 g/mol. The van der Waals surface area contributed by atoms with Gasteiger partial charge in [-0.25, -0.2) is 14.8 Å². The largest absolute Gasteiger partial charge is 0.464 e. The van der Waals surface area contributed by atoms with Gasteiger partial charge in [0.2, 0.25) is 12.1 Å². The Morgan fingerprint density at radius 3 is 2.38 bits per heavy atom. The molecular formula is C27H25Cl2N5O3. The summed E-state index contributed by atoms with van der Waals surface area (Å²) in [6.07, 6.45) is -1.03. The van der Waals surface area contributed by atoms with Crippen LogP contribution in [0.5, 0.6) is 5.75 Å². The van der Waals surface area contributed by atoms with Gasteiger partial charge in [-0.1, -0.05) is 65.7 Å². The molecule has 0 spiro atoms.